The SMILES string of the molecule is CC(=O)Nc1ccc(C(C)C)nc1. The van der Waals surface area contributed by atoms with E-state index in [1.54, 1.807) is 6.20 Å². The fraction of sp³-hybridized carbons (Fsp3) is 0.400. The molecule has 0 bridgehead atoms. The second kappa shape index (κ2) is 4.03. The van der Waals surface area contributed by atoms with Crippen LogP contribution in [0.5, 0.6) is 0 Å². The van der Waals surface area contributed by atoms with Crippen molar-refractivity contribution in [1.29, 1.82) is 0 Å². The number of hydrogen-bond donors (Lipinski definition) is 1. The average molecular weight is 178 g/mol. The highest BCUT2D eigenvalue weighted by molar-refractivity contribution is 5.88. The molecule has 1 amide bonds. The number of carbonyl (C=O) groups excluding carboxylic acids is 1. The first kappa shape index (κ1) is 9.71. The van der Waals surface area contributed by atoms with Crippen LogP contribution in [0, 0.1) is 0 Å². The summed E-state index contributed by atoms with van der Waals surface area (Å²) in [7, 11) is 0. The normalized spacial score (nSPS) is 10.2. The van der Waals surface area contributed by atoms with Crippen LogP contribution in [-0.4, -0.2) is 10.9 Å². The third kappa shape index (κ3) is 2.86. The smallest absolute Gasteiger partial charge is 0.221 e. The average Bonchev–Trinajstić information content (AvgIpc) is 2.04. The summed E-state index contributed by atoms with van der Waals surface area (Å²) in [5.41, 5.74) is 1.78. The fourth-order valence-corrected chi connectivity index (χ4v) is 1.02. The molecule has 13 heavy (non-hydrogen) atoms. The van der Waals surface area contributed by atoms with E-state index >= 15 is 0 Å². The summed E-state index contributed by atoms with van der Waals surface area (Å²) in [5.74, 6) is 0.352. The molecule has 0 spiro atoms. The number of nitrogens with zero attached hydrogens (tertiary/aromatic N) is 1. The molecule has 0 unspecified atom stereocenters. The molecule has 1 aromatic rings. The van der Waals surface area contributed by atoms with Gasteiger partial charge in [0, 0.05) is 12.6 Å². The van der Waals surface area contributed by atoms with Crippen LogP contribution in [0.1, 0.15) is 32.4 Å². The summed E-state index contributed by atoms with van der Waals surface area (Å²) >= 11 is 0. The maximum absolute atomic E-state index is 10.7. The van der Waals surface area contributed by atoms with Crippen LogP contribution in [0.4, 0.5) is 5.69 Å². The van der Waals surface area contributed by atoms with Crippen LogP contribution in [0.2, 0.25) is 0 Å². The van der Waals surface area contributed by atoms with Crippen molar-refractivity contribution in [2.45, 2.75) is 26.7 Å². The quantitative estimate of drug-likeness (QED) is 0.754. The highest BCUT2D eigenvalue weighted by Gasteiger charge is 2.00. The zero-order chi connectivity index (χ0) is 9.84. The van der Waals surface area contributed by atoms with Gasteiger partial charge in [0.1, 0.15) is 0 Å². The van der Waals surface area contributed by atoms with Crippen molar-refractivity contribution in [2.24, 2.45) is 0 Å². The third-order valence-electron chi connectivity index (χ3n) is 1.70. The molecule has 1 N–H and O–H groups in total. The summed E-state index contributed by atoms with van der Waals surface area (Å²) in [6, 6.07) is 3.79. The summed E-state index contributed by atoms with van der Waals surface area (Å²) in [6.45, 7) is 5.65. The molecule has 0 aromatic carbocycles. The van der Waals surface area contributed by atoms with Crippen molar-refractivity contribution in [3.8, 4) is 0 Å². The monoisotopic (exact) mass is 178 g/mol. The Kier molecular flexibility index (Phi) is 3.01. The molecule has 0 radical (unpaired) electrons. The molecule has 0 fully saturated rings. The van der Waals surface area contributed by atoms with Gasteiger partial charge in [-0.1, -0.05) is 13.8 Å². The first-order chi connectivity index (χ1) is 6.09. The summed E-state index contributed by atoms with van der Waals surface area (Å²) in [4.78, 5) is 14.9. The Bertz CT molecular complexity index is 290. The number of nitrogens with one attached hydrogen (secondary N) is 1. The van der Waals surface area contributed by atoms with Crippen LogP contribution < -0.4 is 5.32 Å². The number of anilines is 1. The Morgan fingerprint density at radius 2 is 2.15 bits per heavy atom. The van der Waals surface area contributed by atoms with Gasteiger partial charge < -0.3 is 5.32 Å². The van der Waals surface area contributed by atoms with Crippen molar-refractivity contribution in [1.82, 2.24) is 4.98 Å². The van der Waals surface area contributed by atoms with Crippen LogP contribution in [0.3, 0.4) is 0 Å². The summed E-state index contributed by atoms with van der Waals surface area (Å²) < 4.78 is 0. The van der Waals surface area contributed by atoms with Gasteiger partial charge in [-0.05, 0) is 18.1 Å². The number of pyridine rings is 1. The molecule has 70 valence electrons. The molecule has 0 aliphatic carbocycles. The van der Waals surface area contributed by atoms with Crippen LogP contribution in [-0.2, 0) is 4.79 Å². The predicted molar refractivity (Wildman–Crippen MR) is 52.6 cm³/mol. The highest BCUT2D eigenvalue weighted by atomic mass is 16.1. The Labute approximate surface area is 78.2 Å². The second-order valence-electron chi connectivity index (χ2n) is 3.31. The molecule has 3 heteroatoms. The molecule has 0 saturated heterocycles. The minimum atomic E-state index is -0.0703. The van der Waals surface area contributed by atoms with Crippen LogP contribution in [0.25, 0.3) is 0 Å². The largest absolute Gasteiger partial charge is 0.325 e. The molecular weight excluding hydrogens is 164 g/mol. The second-order valence-corrected chi connectivity index (χ2v) is 3.31. The molecule has 0 aliphatic heterocycles. The van der Waals surface area contributed by atoms with Crippen molar-refractivity contribution in [3.63, 3.8) is 0 Å². The van der Waals surface area contributed by atoms with Crippen molar-refractivity contribution in [2.75, 3.05) is 5.32 Å². The van der Waals surface area contributed by atoms with Gasteiger partial charge in [-0.25, -0.2) is 0 Å². The maximum atomic E-state index is 10.7. The van der Waals surface area contributed by atoms with E-state index in [0.29, 0.717) is 5.92 Å². The molecule has 0 saturated carbocycles. The first-order valence-corrected chi connectivity index (χ1v) is 4.33. The molecule has 1 rings (SSSR count). The number of aromatic nitrogens is 1. The van der Waals surface area contributed by atoms with E-state index in [0.717, 1.165) is 11.4 Å². The lowest BCUT2D eigenvalue weighted by atomic mass is 10.1. The fourth-order valence-electron chi connectivity index (χ4n) is 1.02. The number of amides is 1. The van der Waals surface area contributed by atoms with E-state index in [9.17, 15) is 4.79 Å². The van der Waals surface area contributed by atoms with Crippen molar-refractivity contribution < 1.29 is 4.79 Å². The lowest BCUT2D eigenvalue weighted by molar-refractivity contribution is -0.114. The van der Waals surface area contributed by atoms with E-state index in [4.69, 9.17) is 0 Å². The third-order valence-corrected chi connectivity index (χ3v) is 1.70. The number of hydrogen-bond acceptors (Lipinski definition) is 2. The van der Waals surface area contributed by atoms with Crippen molar-refractivity contribution >= 4 is 11.6 Å². The van der Waals surface area contributed by atoms with Crippen molar-refractivity contribution in [3.05, 3.63) is 24.0 Å². The van der Waals surface area contributed by atoms with Gasteiger partial charge in [-0.3, -0.25) is 9.78 Å². The van der Waals surface area contributed by atoms with E-state index in [1.807, 2.05) is 12.1 Å². The molecule has 3 nitrogen and oxygen atoms in total. The van der Waals surface area contributed by atoms with Crippen LogP contribution in [0.15, 0.2) is 18.3 Å². The Morgan fingerprint density at radius 3 is 2.54 bits per heavy atom. The number of rotatable bonds is 2. The van der Waals surface area contributed by atoms with E-state index in [2.05, 4.69) is 24.1 Å². The van der Waals surface area contributed by atoms with E-state index in [1.165, 1.54) is 6.92 Å². The molecule has 0 atom stereocenters. The predicted octanol–water partition coefficient (Wildman–Crippen LogP) is 2.16. The van der Waals surface area contributed by atoms with Gasteiger partial charge in [0.05, 0.1) is 11.9 Å². The Morgan fingerprint density at radius 1 is 1.46 bits per heavy atom. The first-order valence-electron chi connectivity index (χ1n) is 4.33. The topological polar surface area (TPSA) is 42.0 Å². The van der Waals surface area contributed by atoms with E-state index in [-0.39, 0.29) is 5.91 Å². The van der Waals surface area contributed by atoms with Crippen LogP contribution >= 0.6 is 0 Å². The number of carbonyl (C=O) groups is 1. The standard InChI is InChI=1S/C10H14N2O/c1-7(2)10-5-4-9(6-11-10)12-8(3)13/h4-7H,1-3H3,(H,12,13). The maximum Gasteiger partial charge on any atom is 0.221 e. The Hall–Kier alpha value is -1.38. The van der Waals surface area contributed by atoms with Gasteiger partial charge in [-0.2, -0.15) is 0 Å². The van der Waals surface area contributed by atoms with Gasteiger partial charge in [-0.15, -0.1) is 0 Å². The lowest BCUT2D eigenvalue weighted by Gasteiger charge is -2.05. The molecular formula is C10H14N2O. The zero-order valence-electron chi connectivity index (χ0n) is 8.16. The zero-order valence-corrected chi connectivity index (χ0v) is 8.16. The highest BCUT2D eigenvalue weighted by Crippen LogP contribution is 2.13. The Balaban J connectivity index is 2.75. The molecule has 0 aliphatic rings. The molecule has 1 heterocycles. The van der Waals surface area contributed by atoms with E-state index < -0.39 is 0 Å². The summed E-state index contributed by atoms with van der Waals surface area (Å²) in [6.07, 6.45) is 1.68. The summed E-state index contributed by atoms with van der Waals surface area (Å²) in [5, 5.41) is 2.67. The lowest BCUT2D eigenvalue weighted by Crippen LogP contribution is -2.06. The minimum Gasteiger partial charge on any atom is -0.325 e. The van der Waals surface area contributed by atoms with Gasteiger partial charge >= 0.3 is 0 Å². The van der Waals surface area contributed by atoms with Gasteiger partial charge in [0.2, 0.25) is 5.91 Å². The molecule has 1 aromatic heterocycles. The minimum absolute atomic E-state index is 0.0703. The van der Waals surface area contributed by atoms with Gasteiger partial charge in [0.15, 0.2) is 0 Å². The van der Waals surface area contributed by atoms with Gasteiger partial charge in [0.25, 0.3) is 0 Å².